The number of nitro groups is 2. The van der Waals surface area contributed by atoms with Gasteiger partial charge in [0.15, 0.2) is 11.5 Å². The van der Waals surface area contributed by atoms with Crippen LogP contribution in [0.15, 0.2) is 65.6 Å². The van der Waals surface area contributed by atoms with Gasteiger partial charge in [0.25, 0.3) is 16.8 Å². The smallest absolute Gasteiger partial charge is 0.318 e. The number of carbonyl (C=O) groups excluding carboxylic acids is 2. The first-order valence-electron chi connectivity index (χ1n) is 10.6. The van der Waals surface area contributed by atoms with Crippen LogP contribution in [0.25, 0.3) is 6.08 Å². The molecule has 13 heteroatoms. The number of non-ortho nitro benzene ring substituents is 1. The first-order valence-corrected chi connectivity index (χ1v) is 11.8. The van der Waals surface area contributed by atoms with E-state index in [1.54, 1.807) is 43.3 Å². The maximum atomic E-state index is 12.9. The highest BCUT2D eigenvalue weighted by Gasteiger charge is 2.36. The standard InChI is InChI=1S/C24H16ClN3O8S/c1-2-35-21-11-14(12-22-23(29)26(24(30)37-22)16-6-4-15(25)5-7-16)3-9-20(21)36-19-10-8-17(27(31)32)13-18(19)28(33)34/h3-13H,2H2,1H3/b22-12-. The van der Waals surface area contributed by atoms with Gasteiger partial charge in [-0.3, -0.25) is 29.8 Å². The van der Waals surface area contributed by atoms with Gasteiger partial charge in [-0.2, -0.15) is 0 Å². The number of thioether (sulfide) groups is 1. The summed E-state index contributed by atoms with van der Waals surface area (Å²) in [6.45, 7) is 1.96. The zero-order valence-electron chi connectivity index (χ0n) is 19.0. The number of benzene rings is 3. The van der Waals surface area contributed by atoms with Gasteiger partial charge in [0.2, 0.25) is 5.75 Å². The molecule has 0 saturated carbocycles. The minimum atomic E-state index is -0.784. The summed E-state index contributed by atoms with van der Waals surface area (Å²) in [6.07, 6.45) is 1.52. The van der Waals surface area contributed by atoms with Crippen LogP contribution in [0.5, 0.6) is 17.2 Å². The van der Waals surface area contributed by atoms with Crippen LogP contribution in [0.3, 0.4) is 0 Å². The Hall–Kier alpha value is -4.42. The van der Waals surface area contributed by atoms with Gasteiger partial charge in [-0.25, -0.2) is 4.90 Å². The van der Waals surface area contributed by atoms with E-state index in [9.17, 15) is 29.8 Å². The third-order valence-electron chi connectivity index (χ3n) is 5.01. The van der Waals surface area contributed by atoms with Crippen molar-refractivity contribution < 1.29 is 28.9 Å². The molecule has 188 valence electrons. The molecule has 37 heavy (non-hydrogen) atoms. The van der Waals surface area contributed by atoms with Gasteiger partial charge in [0, 0.05) is 11.1 Å². The average Bonchev–Trinajstić information content (AvgIpc) is 3.13. The van der Waals surface area contributed by atoms with Crippen LogP contribution in [-0.4, -0.2) is 27.6 Å². The summed E-state index contributed by atoms with van der Waals surface area (Å²) in [6, 6.07) is 13.9. The monoisotopic (exact) mass is 541 g/mol. The minimum absolute atomic E-state index is 0.116. The highest BCUT2D eigenvalue weighted by atomic mass is 35.5. The van der Waals surface area contributed by atoms with E-state index in [0.717, 1.165) is 34.9 Å². The summed E-state index contributed by atoms with van der Waals surface area (Å²) in [4.78, 5) is 47.5. The lowest BCUT2D eigenvalue weighted by molar-refractivity contribution is -0.394. The van der Waals surface area contributed by atoms with E-state index < -0.39 is 32.4 Å². The summed E-state index contributed by atoms with van der Waals surface area (Å²) < 4.78 is 11.3. The number of carbonyl (C=O) groups is 2. The Morgan fingerprint density at radius 1 is 0.946 bits per heavy atom. The molecule has 0 aliphatic carbocycles. The third kappa shape index (κ3) is 5.55. The Bertz CT molecular complexity index is 1460. The van der Waals surface area contributed by atoms with Crippen LogP contribution in [0.2, 0.25) is 5.02 Å². The molecule has 0 aromatic heterocycles. The number of hydrogen-bond acceptors (Lipinski definition) is 9. The maximum Gasteiger partial charge on any atom is 0.318 e. The fourth-order valence-electron chi connectivity index (χ4n) is 3.37. The number of nitro benzene ring substituents is 2. The number of nitrogens with zero attached hydrogens (tertiary/aromatic N) is 3. The van der Waals surface area contributed by atoms with Gasteiger partial charge in [0.05, 0.1) is 33.1 Å². The lowest BCUT2D eigenvalue weighted by atomic mass is 10.1. The molecule has 3 aromatic carbocycles. The molecule has 1 heterocycles. The van der Waals surface area contributed by atoms with Crippen molar-refractivity contribution in [1.82, 2.24) is 0 Å². The summed E-state index contributed by atoms with van der Waals surface area (Å²) >= 11 is 6.66. The number of ether oxygens (including phenoxy) is 2. The molecule has 3 aromatic rings. The van der Waals surface area contributed by atoms with E-state index in [-0.39, 0.29) is 28.8 Å². The fourth-order valence-corrected chi connectivity index (χ4v) is 4.33. The number of amides is 2. The van der Waals surface area contributed by atoms with E-state index in [4.69, 9.17) is 21.1 Å². The van der Waals surface area contributed by atoms with E-state index in [2.05, 4.69) is 0 Å². The molecule has 1 fully saturated rings. The van der Waals surface area contributed by atoms with Gasteiger partial charge < -0.3 is 9.47 Å². The molecular formula is C24H16ClN3O8S. The van der Waals surface area contributed by atoms with Crippen molar-refractivity contribution in [3.05, 3.63) is 96.4 Å². The molecule has 0 radical (unpaired) electrons. The molecule has 0 bridgehead atoms. The normalized spacial score (nSPS) is 14.2. The summed E-state index contributed by atoms with van der Waals surface area (Å²) in [7, 11) is 0. The zero-order chi connectivity index (χ0) is 26.7. The van der Waals surface area contributed by atoms with E-state index in [0.29, 0.717) is 16.3 Å². The molecule has 0 atom stereocenters. The topological polar surface area (TPSA) is 142 Å². The molecule has 4 rings (SSSR count). The highest BCUT2D eigenvalue weighted by molar-refractivity contribution is 8.19. The van der Waals surface area contributed by atoms with Crippen LogP contribution < -0.4 is 14.4 Å². The van der Waals surface area contributed by atoms with Gasteiger partial charge in [-0.15, -0.1) is 0 Å². The van der Waals surface area contributed by atoms with Crippen LogP contribution in [0.4, 0.5) is 21.9 Å². The van der Waals surface area contributed by atoms with Crippen molar-refractivity contribution >= 4 is 57.6 Å². The predicted molar refractivity (Wildman–Crippen MR) is 137 cm³/mol. The van der Waals surface area contributed by atoms with Crippen LogP contribution in [0, 0.1) is 20.2 Å². The zero-order valence-corrected chi connectivity index (χ0v) is 20.5. The molecule has 0 N–H and O–H groups in total. The summed E-state index contributed by atoms with van der Waals surface area (Å²) in [5, 5.41) is 22.4. The SMILES string of the molecule is CCOc1cc(/C=C2\SC(=O)N(c3ccc(Cl)cc3)C2=O)ccc1Oc1ccc([N+](=O)[O-])cc1[N+](=O)[O-]. The molecule has 0 unspecified atom stereocenters. The lowest BCUT2D eigenvalue weighted by Gasteiger charge is -2.13. The quantitative estimate of drug-likeness (QED) is 0.175. The van der Waals surface area contributed by atoms with Crippen molar-refractivity contribution in [2.75, 3.05) is 11.5 Å². The molecule has 11 nitrogen and oxygen atoms in total. The van der Waals surface area contributed by atoms with Crippen molar-refractivity contribution in [1.29, 1.82) is 0 Å². The maximum absolute atomic E-state index is 12.9. The Balaban J connectivity index is 1.64. The number of imide groups is 1. The Morgan fingerprint density at radius 2 is 1.65 bits per heavy atom. The van der Waals surface area contributed by atoms with Crippen molar-refractivity contribution in [2.45, 2.75) is 6.92 Å². The van der Waals surface area contributed by atoms with Crippen molar-refractivity contribution in [3.8, 4) is 17.2 Å². The largest absolute Gasteiger partial charge is 0.490 e. The first kappa shape index (κ1) is 25.7. The fraction of sp³-hybridized carbons (Fsp3) is 0.0833. The van der Waals surface area contributed by atoms with Crippen LogP contribution >= 0.6 is 23.4 Å². The second-order valence-electron chi connectivity index (χ2n) is 7.40. The molecule has 1 aliphatic rings. The molecule has 2 amide bonds. The van der Waals surface area contributed by atoms with Gasteiger partial charge in [0.1, 0.15) is 0 Å². The lowest BCUT2D eigenvalue weighted by Crippen LogP contribution is -2.27. The number of rotatable bonds is 8. The van der Waals surface area contributed by atoms with E-state index in [1.165, 1.54) is 12.1 Å². The Kier molecular flexibility index (Phi) is 7.41. The number of hydrogen-bond donors (Lipinski definition) is 0. The summed E-state index contributed by atoms with van der Waals surface area (Å²) in [5.41, 5.74) is -0.141. The van der Waals surface area contributed by atoms with Crippen molar-refractivity contribution in [3.63, 3.8) is 0 Å². The van der Waals surface area contributed by atoms with Crippen molar-refractivity contribution in [2.24, 2.45) is 0 Å². The third-order valence-corrected chi connectivity index (χ3v) is 6.14. The van der Waals surface area contributed by atoms with Gasteiger partial charge >= 0.3 is 5.69 Å². The van der Waals surface area contributed by atoms with E-state index >= 15 is 0 Å². The second kappa shape index (κ2) is 10.7. The predicted octanol–water partition coefficient (Wildman–Crippen LogP) is 6.59. The van der Waals surface area contributed by atoms with Crippen LogP contribution in [0.1, 0.15) is 12.5 Å². The highest BCUT2D eigenvalue weighted by Crippen LogP contribution is 2.40. The molecular weight excluding hydrogens is 526 g/mol. The van der Waals surface area contributed by atoms with Gasteiger partial charge in [-0.05, 0) is 72.8 Å². The van der Waals surface area contributed by atoms with Gasteiger partial charge in [-0.1, -0.05) is 17.7 Å². The average molecular weight is 542 g/mol. The second-order valence-corrected chi connectivity index (χ2v) is 8.83. The minimum Gasteiger partial charge on any atom is -0.490 e. The molecule has 1 aliphatic heterocycles. The molecule has 0 spiro atoms. The Labute approximate surface area is 218 Å². The Morgan fingerprint density at radius 3 is 2.30 bits per heavy atom. The molecule has 1 saturated heterocycles. The number of halogens is 1. The number of anilines is 1. The van der Waals surface area contributed by atoms with Crippen LogP contribution in [-0.2, 0) is 4.79 Å². The van der Waals surface area contributed by atoms with E-state index in [1.807, 2.05) is 0 Å². The summed E-state index contributed by atoms with van der Waals surface area (Å²) in [5.74, 6) is -0.392. The first-order chi connectivity index (χ1) is 17.7.